The topological polar surface area (TPSA) is 107 Å². The van der Waals surface area contributed by atoms with Crippen molar-refractivity contribution in [1.82, 2.24) is 0 Å². The summed E-state index contributed by atoms with van der Waals surface area (Å²) in [7, 11) is 0. The second-order valence-corrected chi connectivity index (χ2v) is 3.84. The highest BCUT2D eigenvalue weighted by Crippen LogP contribution is 2.28. The van der Waals surface area contributed by atoms with Crippen LogP contribution in [-0.4, -0.2) is 45.5 Å². The quantitative estimate of drug-likeness (QED) is 0.636. The van der Waals surface area contributed by atoms with E-state index in [4.69, 9.17) is 10.2 Å². The van der Waals surface area contributed by atoms with Crippen molar-refractivity contribution in [2.45, 2.75) is 18.6 Å². The second-order valence-electron chi connectivity index (χ2n) is 3.84. The molecule has 2 atom stereocenters. The van der Waals surface area contributed by atoms with Gasteiger partial charge in [-0.05, 0) is 23.8 Å². The molecule has 0 bridgehead atoms. The van der Waals surface area contributed by atoms with Gasteiger partial charge in [0.15, 0.2) is 0 Å². The van der Waals surface area contributed by atoms with Crippen LogP contribution in [0.3, 0.4) is 0 Å². The summed E-state index contributed by atoms with van der Waals surface area (Å²) in [6, 6.07) is 2.22. The fourth-order valence-electron chi connectivity index (χ4n) is 1.43. The summed E-state index contributed by atoms with van der Waals surface area (Å²) in [5.41, 5.74) is -0.892. The number of carboxylic acid groups (broad SMARTS) is 1. The first-order valence-corrected chi connectivity index (χ1v) is 5.25. The zero-order valence-electron chi connectivity index (χ0n) is 9.83. The molecular weight excluding hydrogens is 285 g/mol. The zero-order valence-corrected chi connectivity index (χ0v) is 9.83. The largest absolute Gasteiger partial charge is 0.573 e. The number of rotatable bonds is 5. The van der Waals surface area contributed by atoms with Crippen LogP contribution in [-0.2, 0) is 0 Å². The lowest BCUT2D eigenvalue weighted by Crippen LogP contribution is -2.23. The van der Waals surface area contributed by atoms with Gasteiger partial charge in [-0.2, -0.15) is 0 Å². The molecule has 0 radical (unpaired) electrons. The Kier molecular flexibility index (Phi) is 4.93. The minimum atomic E-state index is -5.03. The number of hydrogen-bond acceptors (Lipinski definition) is 5. The summed E-state index contributed by atoms with van der Waals surface area (Å²) in [4.78, 5) is 10.8. The summed E-state index contributed by atoms with van der Waals surface area (Å²) in [5.74, 6) is -2.39. The molecule has 0 aromatic heterocycles. The predicted octanol–water partition coefficient (Wildman–Crippen LogP) is 0.670. The molecule has 0 saturated heterocycles. The molecule has 0 spiro atoms. The molecule has 6 nitrogen and oxygen atoms in total. The normalized spacial score (nSPS) is 14.7. The maximum absolute atomic E-state index is 12.1. The van der Waals surface area contributed by atoms with Crippen LogP contribution >= 0.6 is 0 Å². The molecule has 0 aliphatic heterocycles. The number of aliphatic hydroxyl groups is 3. The van der Waals surface area contributed by atoms with Crippen LogP contribution in [0.1, 0.15) is 22.0 Å². The average Bonchev–Trinajstić information content (AvgIpc) is 2.34. The number of aromatic carboxylic acids is 1. The fraction of sp³-hybridized carbons (Fsp3) is 0.364. The van der Waals surface area contributed by atoms with Crippen LogP contribution in [0.25, 0.3) is 0 Å². The van der Waals surface area contributed by atoms with Crippen molar-refractivity contribution in [2.24, 2.45) is 0 Å². The summed E-state index contributed by atoms with van der Waals surface area (Å²) >= 11 is 0. The molecule has 0 saturated carbocycles. The van der Waals surface area contributed by atoms with E-state index in [9.17, 15) is 28.2 Å². The van der Waals surface area contributed by atoms with Gasteiger partial charge in [-0.15, -0.1) is 13.2 Å². The molecule has 20 heavy (non-hydrogen) atoms. The van der Waals surface area contributed by atoms with Crippen LogP contribution in [0, 0.1) is 0 Å². The number of alkyl halides is 3. The van der Waals surface area contributed by atoms with E-state index in [1.54, 1.807) is 0 Å². The van der Waals surface area contributed by atoms with E-state index in [-0.39, 0.29) is 5.56 Å². The fourth-order valence-corrected chi connectivity index (χ4v) is 1.43. The first kappa shape index (κ1) is 16.2. The smallest absolute Gasteiger partial charge is 0.478 e. The molecule has 4 N–H and O–H groups in total. The molecule has 9 heteroatoms. The number of halogens is 3. The molecular formula is C11H11F3O6. The van der Waals surface area contributed by atoms with Gasteiger partial charge in [0.25, 0.3) is 0 Å². The minimum Gasteiger partial charge on any atom is -0.478 e. The third kappa shape index (κ3) is 4.37. The van der Waals surface area contributed by atoms with Gasteiger partial charge in [-0.25, -0.2) is 4.79 Å². The van der Waals surface area contributed by atoms with Gasteiger partial charge < -0.3 is 25.2 Å². The third-order valence-electron chi connectivity index (χ3n) is 2.30. The lowest BCUT2D eigenvalue weighted by Gasteiger charge is -2.18. The van der Waals surface area contributed by atoms with Crippen LogP contribution in [0.15, 0.2) is 18.2 Å². The van der Waals surface area contributed by atoms with Gasteiger partial charge in [0.05, 0.1) is 12.2 Å². The maximum atomic E-state index is 12.1. The summed E-state index contributed by atoms with van der Waals surface area (Å²) in [6.45, 7) is -0.853. The summed E-state index contributed by atoms with van der Waals surface area (Å²) in [5, 5.41) is 36.2. The molecule has 0 aliphatic carbocycles. The first-order valence-electron chi connectivity index (χ1n) is 5.25. The Bertz CT molecular complexity index is 488. The van der Waals surface area contributed by atoms with E-state index in [0.29, 0.717) is 6.07 Å². The highest BCUT2D eigenvalue weighted by molar-refractivity contribution is 5.88. The van der Waals surface area contributed by atoms with Crippen molar-refractivity contribution in [2.75, 3.05) is 6.61 Å². The Morgan fingerprint density at radius 2 is 1.85 bits per heavy atom. The van der Waals surface area contributed by atoms with E-state index in [1.165, 1.54) is 0 Å². The Balaban J connectivity index is 3.20. The average molecular weight is 296 g/mol. The molecule has 0 heterocycles. The first-order chi connectivity index (χ1) is 9.14. The van der Waals surface area contributed by atoms with Crippen molar-refractivity contribution in [3.63, 3.8) is 0 Å². The number of hydrogen-bond donors (Lipinski definition) is 4. The molecule has 1 rings (SSSR count). The van der Waals surface area contributed by atoms with Gasteiger partial charge in [0, 0.05) is 0 Å². The monoisotopic (exact) mass is 296 g/mol. The zero-order chi connectivity index (χ0) is 15.5. The number of ether oxygens (including phenoxy) is 1. The Morgan fingerprint density at radius 1 is 1.25 bits per heavy atom. The highest BCUT2D eigenvalue weighted by Gasteiger charge is 2.32. The van der Waals surface area contributed by atoms with Crippen molar-refractivity contribution >= 4 is 5.97 Å². The lowest BCUT2D eigenvalue weighted by molar-refractivity contribution is -0.274. The Hall–Kier alpha value is -1.84. The Morgan fingerprint density at radius 3 is 2.30 bits per heavy atom. The number of carboxylic acids is 1. The van der Waals surface area contributed by atoms with Crippen LogP contribution in [0.5, 0.6) is 5.75 Å². The number of aliphatic hydroxyl groups excluding tert-OH is 3. The van der Waals surface area contributed by atoms with Crippen LogP contribution < -0.4 is 4.74 Å². The predicted molar refractivity (Wildman–Crippen MR) is 58.1 cm³/mol. The van der Waals surface area contributed by atoms with Gasteiger partial charge in [-0.1, -0.05) is 0 Å². The van der Waals surface area contributed by atoms with E-state index >= 15 is 0 Å². The van der Waals surface area contributed by atoms with E-state index < -0.39 is 42.5 Å². The van der Waals surface area contributed by atoms with Gasteiger partial charge >= 0.3 is 12.3 Å². The van der Waals surface area contributed by atoms with Gasteiger partial charge in [-0.3, -0.25) is 0 Å². The maximum Gasteiger partial charge on any atom is 0.573 e. The summed E-state index contributed by atoms with van der Waals surface area (Å²) < 4.78 is 39.9. The lowest BCUT2D eigenvalue weighted by atomic mass is 10.0. The van der Waals surface area contributed by atoms with Crippen molar-refractivity contribution in [3.8, 4) is 5.75 Å². The van der Waals surface area contributed by atoms with Crippen LogP contribution in [0.4, 0.5) is 13.2 Å². The van der Waals surface area contributed by atoms with Crippen molar-refractivity contribution < 1.29 is 43.1 Å². The molecule has 1 aromatic rings. The number of benzene rings is 1. The minimum absolute atomic E-state index is 0.328. The van der Waals surface area contributed by atoms with E-state index in [1.807, 2.05) is 0 Å². The third-order valence-corrected chi connectivity index (χ3v) is 2.30. The molecule has 0 amide bonds. The Labute approximate surface area is 110 Å². The molecule has 0 fully saturated rings. The van der Waals surface area contributed by atoms with Crippen molar-refractivity contribution in [3.05, 3.63) is 29.3 Å². The molecule has 0 aliphatic rings. The number of carbonyl (C=O) groups is 1. The van der Waals surface area contributed by atoms with E-state index in [0.717, 1.165) is 12.1 Å². The van der Waals surface area contributed by atoms with Crippen molar-refractivity contribution in [1.29, 1.82) is 0 Å². The molecule has 2 unspecified atom stereocenters. The summed E-state index contributed by atoms with van der Waals surface area (Å²) in [6.07, 6.45) is -8.46. The molecule has 112 valence electrons. The SMILES string of the molecule is O=C(O)c1cc(OC(F)(F)F)cc(C(O)C(O)CO)c1. The van der Waals surface area contributed by atoms with Crippen LogP contribution in [0.2, 0.25) is 0 Å². The van der Waals surface area contributed by atoms with E-state index in [2.05, 4.69) is 4.74 Å². The van der Waals surface area contributed by atoms with Gasteiger partial charge in [0.1, 0.15) is 18.0 Å². The van der Waals surface area contributed by atoms with Gasteiger partial charge in [0.2, 0.25) is 0 Å². The standard InChI is InChI=1S/C11H11F3O6/c12-11(13,14)20-7-2-5(9(17)8(16)4-15)1-6(3-7)10(18)19/h1-3,8-9,15-17H,4H2,(H,18,19). The second kappa shape index (κ2) is 6.07. The molecule has 1 aromatic carbocycles. The highest BCUT2D eigenvalue weighted by atomic mass is 19.4.